The first kappa shape index (κ1) is 35.7. The van der Waals surface area contributed by atoms with Crippen LogP contribution in [0.1, 0.15) is 59.4 Å². The number of fused-ring (bicyclic) bond motifs is 11. The number of nitrogens with zero attached hydrogens (tertiary/aromatic N) is 1. The molecule has 294 valence electrons. The monoisotopic (exact) mass is 809 g/mol. The normalized spacial score (nSPS) is 15.5. The lowest BCUT2D eigenvalue weighted by molar-refractivity contribution is 0.550. The third kappa shape index (κ3) is 5.39. The molecular formula is C60H43NS. The zero-order valence-corrected chi connectivity index (χ0v) is 35.2. The second-order valence-corrected chi connectivity index (χ2v) is 18.6. The molecule has 9 aromatic carbocycles. The van der Waals surface area contributed by atoms with E-state index in [9.17, 15) is 0 Å². The van der Waals surface area contributed by atoms with Crippen molar-refractivity contribution in [1.29, 1.82) is 0 Å². The van der Waals surface area contributed by atoms with Gasteiger partial charge in [-0.25, -0.2) is 0 Å². The molecular weight excluding hydrogens is 767 g/mol. The highest BCUT2D eigenvalue weighted by Crippen LogP contribution is 2.57. The van der Waals surface area contributed by atoms with E-state index in [-0.39, 0.29) is 11.3 Å². The van der Waals surface area contributed by atoms with Gasteiger partial charge in [-0.3, -0.25) is 0 Å². The molecule has 13 rings (SSSR count). The van der Waals surface area contributed by atoms with Crippen molar-refractivity contribution in [2.45, 2.75) is 37.0 Å². The van der Waals surface area contributed by atoms with E-state index in [1.807, 2.05) is 11.3 Å². The van der Waals surface area contributed by atoms with Gasteiger partial charge in [0, 0.05) is 38.2 Å². The Morgan fingerprint density at radius 1 is 0.419 bits per heavy atom. The Balaban J connectivity index is 0.898. The fourth-order valence-electron chi connectivity index (χ4n) is 11.5. The van der Waals surface area contributed by atoms with Crippen LogP contribution in [-0.4, -0.2) is 0 Å². The van der Waals surface area contributed by atoms with Crippen LogP contribution >= 0.6 is 11.3 Å². The summed E-state index contributed by atoms with van der Waals surface area (Å²) >= 11 is 1.88. The van der Waals surface area contributed by atoms with E-state index in [2.05, 4.69) is 211 Å². The van der Waals surface area contributed by atoms with Gasteiger partial charge in [0.05, 0.1) is 10.4 Å². The highest BCUT2D eigenvalue weighted by molar-refractivity contribution is 7.26. The van der Waals surface area contributed by atoms with Crippen molar-refractivity contribution in [3.05, 3.63) is 234 Å². The molecule has 1 nitrogen and oxygen atoms in total. The summed E-state index contributed by atoms with van der Waals surface area (Å²) in [5.41, 5.74) is 21.3. The fraction of sp³-hybridized carbons (Fsp3) is 0.100. The molecule has 0 aliphatic heterocycles. The number of hydrogen-bond donors (Lipinski definition) is 0. The van der Waals surface area contributed by atoms with Gasteiger partial charge < -0.3 is 4.90 Å². The van der Waals surface area contributed by atoms with Crippen LogP contribution < -0.4 is 4.90 Å². The van der Waals surface area contributed by atoms with Gasteiger partial charge in [0.15, 0.2) is 0 Å². The SMILES string of the molecule is c1ccc(C2c3ccccc3-c3ccc(-c4ccc(N(c5ccc(-c6ccc7c(c6)C6(CCCC6)c6ccccc6-7)cc5)c5cccc6c5sc5ccccc56)cc4)cc32)cc1. The van der Waals surface area contributed by atoms with Crippen LogP contribution in [0.15, 0.2) is 206 Å². The molecule has 0 saturated heterocycles. The Hall–Kier alpha value is -7.00. The fourth-order valence-corrected chi connectivity index (χ4v) is 12.7. The molecule has 10 aromatic rings. The first-order valence-corrected chi connectivity index (χ1v) is 23.0. The second-order valence-electron chi connectivity index (χ2n) is 17.5. The highest BCUT2D eigenvalue weighted by atomic mass is 32.1. The van der Waals surface area contributed by atoms with Gasteiger partial charge in [0.2, 0.25) is 0 Å². The lowest BCUT2D eigenvalue weighted by Crippen LogP contribution is -2.20. The van der Waals surface area contributed by atoms with Crippen molar-refractivity contribution in [2.24, 2.45) is 0 Å². The summed E-state index contributed by atoms with van der Waals surface area (Å²) in [5, 5.41) is 2.61. The predicted molar refractivity (Wildman–Crippen MR) is 262 cm³/mol. The van der Waals surface area contributed by atoms with Gasteiger partial charge in [0.25, 0.3) is 0 Å². The van der Waals surface area contributed by atoms with Crippen molar-refractivity contribution in [3.63, 3.8) is 0 Å². The summed E-state index contributed by atoms with van der Waals surface area (Å²) in [5.74, 6) is 0.221. The summed E-state index contributed by atoms with van der Waals surface area (Å²) in [4.78, 5) is 2.46. The Labute approximate surface area is 367 Å². The summed E-state index contributed by atoms with van der Waals surface area (Å²) in [6.45, 7) is 0. The molecule has 1 unspecified atom stereocenters. The molecule has 62 heavy (non-hydrogen) atoms. The van der Waals surface area contributed by atoms with E-state index in [0.717, 1.165) is 11.4 Å². The zero-order chi connectivity index (χ0) is 40.8. The van der Waals surface area contributed by atoms with E-state index >= 15 is 0 Å². The molecule has 1 fully saturated rings. The molecule has 0 bridgehead atoms. The maximum atomic E-state index is 2.52. The molecule has 1 aromatic heterocycles. The van der Waals surface area contributed by atoms with Crippen LogP contribution in [0, 0.1) is 0 Å². The van der Waals surface area contributed by atoms with Gasteiger partial charge in [-0.2, -0.15) is 0 Å². The van der Waals surface area contributed by atoms with Crippen molar-refractivity contribution < 1.29 is 0 Å². The largest absolute Gasteiger partial charge is 0.309 e. The quantitative estimate of drug-likeness (QED) is 0.162. The zero-order valence-electron chi connectivity index (χ0n) is 34.4. The van der Waals surface area contributed by atoms with Crippen LogP contribution in [0.2, 0.25) is 0 Å². The molecule has 1 atom stereocenters. The summed E-state index contributed by atoms with van der Waals surface area (Å²) in [6, 6.07) is 77.5. The predicted octanol–water partition coefficient (Wildman–Crippen LogP) is 16.9. The van der Waals surface area contributed by atoms with Gasteiger partial charge in [0.1, 0.15) is 0 Å². The van der Waals surface area contributed by atoms with Crippen molar-refractivity contribution >= 4 is 48.6 Å². The third-order valence-electron chi connectivity index (χ3n) is 14.3. The Bertz CT molecular complexity index is 3350. The Morgan fingerprint density at radius 3 is 1.77 bits per heavy atom. The molecule has 0 radical (unpaired) electrons. The van der Waals surface area contributed by atoms with Crippen LogP contribution in [0.25, 0.3) is 64.7 Å². The maximum Gasteiger partial charge on any atom is 0.0640 e. The smallest absolute Gasteiger partial charge is 0.0640 e. The molecule has 3 aliphatic rings. The van der Waals surface area contributed by atoms with Gasteiger partial charge in [-0.1, -0.05) is 171 Å². The minimum atomic E-state index is 0.155. The molecule has 3 aliphatic carbocycles. The first-order chi connectivity index (χ1) is 30.7. The van der Waals surface area contributed by atoms with Crippen LogP contribution in [0.3, 0.4) is 0 Å². The lowest BCUT2D eigenvalue weighted by atomic mass is 9.76. The number of benzene rings is 9. The maximum absolute atomic E-state index is 2.52. The minimum absolute atomic E-state index is 0.155. The number of anilines is 3. The molecule has 1 heterocycles. The molecule has 0 amide bonds. The van der Waals surface area contributed by atoms with Crippen LogP contribution in [-0.2, 0) is 5.41 Å². The van der Waals surface area contributed by atoms with Crippen LogP contribution in [0.5, 0.6) is 0 Å². The molecule has 2 heteroatoms. The molecule has 1 saturated carbocycles. The molecule has 0 N–H and O–H groups in total. The minimum Gasteiger partial charge on any atom is -0.309 e. The average molecular weight is 810 g/mol. The standard InChI is InChI=1S/C60H43NS/c1-2-13-41(14-3-1)58-51-18-5-4-15-46(51)47-33-27-42(37-53(47)58)39-23-29-44(30-24-39)61(56-21-12-19-52-50-17-7-9-22-57(50)62-59(52)56)45-31-25-40(26-32-45)43-28-34-49-48-16-6-8-20-54(48)60(55(49)38-43)35-10-11-36-60/h1-9,12-34,37-38,58H,10-11,35-36H2. The Morgan fingerprint density at radius 2 is 1.00 bits per heavy atom. The van der Waals surface area contributed by atoms with E-state index in [4.69, 9.17) is 0 Å². The highest BCUT2D eigenvalue weighted by Gasteiger charge is 2.45. The van der Waals surface area contributed by atoms with E-state index in [1.165, 1.54) is 124 Å². The summed E-state index contributed by atoms with van der Waals surface area (Å²) < 4.78 is 2.61. The number of rotatable bonds is 6. The van der Waals surface area contributed by atoms with Crippen LogP contribution in [0.4, 0.5) is 17.1 Å². The van der Waals surface area contributed by atoms with Crippen molar-refractivity contribution in [2.75, 3.05) is 4.90 Å². The van der Waals surface area contributed by atoms with Crippen molar-refractivity contribution in [3.8, 4) is 44.5 Å². The van der Waals surface area contributed by atoms with Crippen molar-refractivity contribution in [1.82, 2.24) is 0 Å². The summed E-state index contributed by atoms with van der Waals surface area (Å²) in [7, 11) is 0. The number of thiophene rings is 1. The first-order valence-electron chi connectivity index (χ1n) is 22.2. The second kappa shape index (κ2) is 14.0. The topological polar surface area (TPSA) is 3.24 Å². The summed E-state index contributed by atoms with van der Waals surface area (Å²) in [6.07, 6.45) is 5.08. The molecule has 1 spiro atoms. The Kier molecular flexibility index (Phi) is 8.08. The van der Waals surface area contributed by atoms with Gasteiger partial charge in [-0.05, 0) is 134 Å². The van der Waals surface area contributed by atoms with E-state index < -0.39 is 0 Å². The third-order valence-corrected chi connectivity index (χ3v) is 15.5. The van der Waals surface area contributed by atoms with Gasteiger partial charge >= 0.3 is 0 Å². The van der Waals surface area contributed by atoms with Gasteiger partial charge in [-0.15, -0.1) is 11.3 Å². The average Bonchev–Trinajstić information content (AvgIpc) is 4.12. The van der Waals surface area contributed by atoms with E-state index in [0.29, 0.717) is 0 Å². The lowest BCUT2D eigenvalue weighted by Gasteiger charge is -2.27. The number of hydrogen-bond acceptors (Lipinski definition) is 2. The van der Waals surface area contributed by atoms with E-state index in [1.54, 1.807) is 0 Å².